The number of carbonyl (C=O) groups excluding carboxylic acids is 2. The smallest absolute Gasteiger partial charge is 0.338 e. The second kappa shape index (κ2) is 8.76. The van der Waals surface area contributed by atoms with Crippen LogP contribution in [0.2, 0.25) is 0 Å². The fourth-order valence-corrected chi connectivity index (χ4v) is 2.08. The first-order chi connectivity index (χ1) is 11.6. The van der Waals surface area contributed by atoms with Crippen LogP contribution in [-0.4, -0.2) is 31.0 Å². The van der Waals surface area contributed by atoms with E-state index in [4.69, 9.17) is 4.74 Å². The van der Waals surface area contributed by atoms with Crippen LogP contribution >= 0.6 is 0 Å². The molecule has 1 unspecified atom stereocenters. The van der Waals surface area contributed by atoms with E-state index in [9.17, 15) is 18.4 Å². The van der Waals surface area contributed by atoms with Crippen molar-refractivity contribution >= 4 is 11.9 Å². The second-order valence-corrected chi connectivity index (χ2v) is 5.09. The van der Waals surface area contributed by atoms with Gasteiger partial charge in [0, 0.05) is 6.42 Å². The number of hydrogen-bond acceptors (Lipinski definition) is 3. The summed E-state index contributed by atoms with van der Waals surface area (Å²) >= 11 is 0. The van der Waals surface area contributed by atoms with Gasteiger partial charge < -0.3 is 10.1 Å². The molecule has 1 N–H and O–H groups in total. The Morgan fingerprint density at radius 1 is 0.958 bits per heavy atom. The zero-order chi connectivity index (χ0) is 17.4. The summed E-state index contributed by atoms with van der Waals surface area (Å²) in [5.74, 6) is -1.42. The maximum atomic E-state index is 12.3. The fourth-order valence-electron chi connectivity index (χ4n) is 2.08. The molecule has 6 heteroatoms. The van der Waals surface area contributed by atoms with Gasteiger partial charge in [-0.2, -0.15) is 0 Å². The summed E-state index contributed by atoms with van der Waals surface area (Å²) < 4.78 is 29.8. The molecule has 0 saturated carbocycles. The van der Waals surface area contributed by atoms with E-state index in [1.807, 2.05) is 6.07 Å². The molecule has 0 heterocycles. The van der Waals surface area contributed by atoms with Gasteiger partial charge in [0.15, 0.2) is 6.10 Å². The number of alkyl halides is 2. The van der Waals surface area contributed by atoms with Crippen LogP contribution in [-0.2, 0) is 16.0 Å². The zero-order valence-electron chi connectivity index (χ0n) is 12.8. The molecule has 2 aromatic rings. The van der Waals surface area contributed by atoms with E-state index in [1.165, 1.54) is 0 Å². The standard InChI is InChI=1S/C18H17F2NO3/c19-16(20)12-21-17(22)15(11-13-7-3-1-4-8-13)24-18(23)14-9-5-2-6-10-14/h1-10,15-16H,11-12H2,(H,21,22). The van der Waals surface area contributed by atoms with Gasteiger partial charge in [-0.05, 0) is 17.7 Å². The van der Waals surface area contributed by atoms with E-state index >= 15 is 0 Å². The maximum Gasteiger partial charge on any atom is 0.338 e. The van der Waals surface area contributed by atoms with Crippen LogP contribution in [0.5, 0.6) is 0 Å². The molecule has 0 aromatic heterocycles. The van der Waals surface area contributed by atoms with Crippen molar-refractivity contribution in [2.24, 2.45) is 0 Å². The molecule has 1 atom stereocenters. The summed E-state index contributed by atoms with van der Waals surface area (Å²) in [6.45, 7) is -0.785. The van der Waals surface area contributed by atoms with Gasteiger partial charge in [-0.1, -0.05) is 48.5 Å². The minimum Gasteiger partial charge on any atom is -0.448 e. The first-order valence-corrected chi connectivity index (χ1v) is 7.42. The van der Waals surface area contributed by atoms with Crippen molar-refractivity contribution in [1.29, 1.82) is 0 Å². The molecule has 4 nitrogen and oxygen atoms in total. The molecule has 0 radical (unpaired) electrons. The molecule has 2 aromatic carbocycles. The van der Waals surface area contributed by atoms with Crippen molar-refractivity contribution in [3.63, 3.8) is 0 Å². The summed E-state index contributed by atoms with van der Waals surface area (Å²) in [6, 6.07) is 17.1. The Morgan fingerprint density at radius 2 is 1.54 bits per heavy atom. The van der Waals surface area contributed by atoms with Crippen molar-refractivity contribution in [3.05, 3.63) is 71.8 Å². The number of carbonyl (C=O) groups is 2. The first kappa shape index (κ1) is 17.6. The monoisotopic (exact) mass is 333 g/mol. The zero-order valence-corrected chi connectivity index (χ0v) is 12.8. The highest BCUT2D eigenvalue weighted by Crippen LogP contribution is 2.10. The van der Waals surface area contributed by atoms with Crippen LogP contribution in [0, 0.1) is 0 Å². The van der Waals surface area contributed by atoms with Crippen LogP contribution in [0.4, 0.5) is 8.78 Å². The summed E-state index contributed by atoms with van der Waals surface area (Å²) in [5, 5.41) is 2.09. The van der Waals surface area contributed by atoms with Crippen LogP contribution < -0.4 is 5.32 Å². The van der Waals surface area contributed by atoms with Crippen LogP contribution in [0.15, 0.2) is 60.7 Å². The lowest BCUT2D eigenvalue weighted by Crippen LogP contribution is -2.41. The van der Waals surface area contributed by atoms with Crippen LogP contribution in [0.3, 0.4) is 0 Å². The maximum absolute atomic E-state index is 12.3. The molecular formula is C18H17F2NO3. The summed E-state index contributed by atoms with van der Waals surface area (Å²) in [6.07, 6.45) is -3.75. The summed E-state index contributed by atoms with van der Waals surface area (Å²) in [5.41, 5.74) is 1.05. The number of hydrogen-bond donors (Lipinski definition) is 1. The summed E-state index contributed by atoms with van der Waals surface area (Å²) in [4.78, 5) is 24.2. The predicted octanol–water partition coefficient (Wildman–Crippen LogP) is 2.84. The number of nitrogens with one attached hydrogen (secondary N) is 1. The number of amides is 1. The molecule has 0 saturated heterocycles. The average Bonchev–Trinajstić information content (AvgIpc) is 2.60. The van der Waals surface area contributed by atoms with Gasteiger partial charge in [-0.15, -0.1) is 0 Å². The fraction of sp³-hybridized carbons (Fsp3) is 0.222. The van der Waals surface area contributed by atoms with E-state index in [0.29, 0.717) is 0 Å². The molecule has 0 aliphatic rings. The summed E-state index contributed by atoms with van der Waals surface area (Å²) in [7, 11) is 0. The molecule has 1 amide bonds. The third-order valence-corrected chi connectivity index (χ3v) is 3.25. The number of ether oxygens (including phenoxy) is 1. The predicted molar refractivity (Wildman–Crippen MR) is 84.8 cm³/mol. The minimum absolute atomic E-state index is 0.106. The van der Waals surface area contributed by atoms with Crippen LogP contribution in [0.1, 0.15) is 15.9 Å². The largest absolute Gasteiger partial charge is 0.448 e. The molecule has 0 bridgehead atoms. The molecule has 126 valence electrons. The number of benzene rings is 2. The molecule has 0 aliphatic heterocycles. The van der Waals surface area contributed by atoms with Crippen molar-refractivity contribution in [3.8, 4) is 0 Å². The Hall–Kier alpha value is -2.76. The Morgan fingerprint density at radius 3 is 2.12 bits per heavy atom. The Balaban J connectivity index is 2.09. The topological polar surface area (TPSA) is 55.4 Å². The molecular weight excluding hydrogens is 316 g/mol. The normalized spacial score (nSPS) is 11.8. The van der Waals surface area contributed by atoms with Crippen molar-refractivity contribution < 1.29 is 23.1 Å². The quantitative estimate of drug-likeness (QED) is 0.793. The lowest BCUT2D eigenvalue weighted by molar-refractivity contribution is -0.130. The minimum atomic E-state index is -2.67. The molecule has 2 rings (SSSR count). The molecule has 0 aliphatic carbocycles. The van der Waals surface area contributed by atoms with Gasteiger partial charge in [-0.3, -0.25) is 4.79 Å². The van der Waals surface area contributed by atoms with Gasteiger partial charge in [0.2, 0.25) is 0 Å². The third kappa shape index (κ3) is 5.46. The lowest BCUT2D eigenvalue weighted by Gasteiger charge is -2.18. The average molecular weight is 333 g/mol. The van der Waals surface area contributed by atoms with E-state index in [2.05, 4.69) is 5.32 Å². The van der Waals surface area contributed by atoms with E-state index in [-0.39, 0.29) is 12.0 Å². The molecule has 0 spiro atoms. The highest BCUT2D eigenvalue weighted by molar-refractivity contribution is 5.92. The third-order valence-electron chi connectivity index (χ3n) is 3.25. The van der Waals surface area contributed by atoms with E-state index in [0.717, 1.165) is 5.56 Å². The Labute approximate surface area is 138 Å². The van der Waals surface area contributed by atoms with Gasteiger partial charge in [-0.25, -0.2) is 13.6 Å². The molecule has 0 fully saturated rings. The number of halogens is 2. The van der Waals surface area contributed by atoms with Gasteiger partial charge >= 0.3 is 5.97 Å². The SMILES string of the molecule is O=C(OC(Cc1ccccc1)C(=O)NCC(F)F)c1ccccc1. The number of rotatable bonds is 7. The number of esters is 1. The van der Waals surface area contributed by atoms with Crippen molar-refractivity contribution in [2.75, 3.05) is 6.54 Å². The van der Waals surface area contributed by atoms with Crippen molar-refractivity contribution in [1.82, 2.24) is 5.32 Å². The Bertz CT molecular complexity index is 662. The second-order valence-electron chi connectivity index (χ2n) is 5.09. The van der Waals surface area contributed by atoms with Crippen LogP contribution in [0.25, 0.3) is 0 Å². The highest BCUT2D eigenvalue weighted by Gasteiger charge is 2.24. The van der Waals surface area contributed by atoms with E-state index in [1.54, 1.807) is 54.6 Å². The highest BCUT2D eigenvalue weighted by atomic mass is 19.3. The Kier molecular flexibility index (Phi) is 6.42. The van der Waals surface area contributed by atoms with Gasteiger partial charge in [0.1, 0.15) is 0 Å². The van der Waals surface area contributed by atoms with E-state index < -0.39 is 31.0 Å². The van der Waals surface area contributed by atoms with Gasteiger partial charge in [0.05, 0.1) is 12.1 Å². The van der Waals surface area contributed by atoms with Crippen molar-refractivity contribution in [2.45, 2.75) is 19.0 Å². The first-order valence-electron chi connectivity index (χ1n) is 7.42. The lowest BCUT2D eigenvalue weighted by atomic mass is 10.1. The van der Waals surface area contributed by atoms with Gasteiger partial charge in [0.25, 0.3) is 12.3 Å². The molecule has 24 heavy (non-hydrogen) atoms.